The topological polar surface area (TPSA) is 69.7 Å². The Hall–Kier alpha value is -1.11. The molecular weight excluding hydrogens is 350 g/mol. The normalized spacial score (nSPS) is 30.3. The van der Waals surface area contributed by atoms with Gasteiger partial charge in [-0.3, -0.25) is 9.00 Å². The first-order valence-electron chi connectivity index (χ1n) is 10.4. The number of carbonyl (C=O) groups excluding carboxylic acids is 2. The van der Waals surface area contributed by atoms with Gasteiger partial charge >= 0.3 is 6.03 Å². The van der Waals surface area contributed by atoms with Gasteiger partial charge in [0.15, 0.2) is 0 Å². The largest absolute Gasteiger partial charge is 0.335 e. The van der Waals surface area contributed by atoms with E-state index in [1.54, 1.807) is 0 Å². The number of amides is 3. The van der Waals surface area contributed by atoms with Gasteiger partial charge in [-0.1, -0.05) is 32.1 Å². The predicted octanol–water partition coefficient (Wildman–Crippen LogP) is 2.35. The molecule has 2 saturated heterocycles. The number of piperidine rings is 1. The summed E-state index contributed by atoms with van der Waals surface area (Å²) in [5.41, 5.74) is 0. The van der Waals surface area contributed by atoms with Crippen molar-refractivity contribution in [3.63, 3.8) is 0 Å². The van der Waals surface area contributed by atoms with Gasteiger partial charge in [-0.2, -0.15) is 0 Å². The summed E-state index contributed by atoms with van der Waals surface area (Å²) in [7, 11) is -1.14. The van der Waals surface area contributed by atoms with E-state index >= 15 is 0 Å². The Balaban J connectivity index is 1.40. The van der Waals surface area contributed by atoms with Crippen molar-refractivity contribution in [2.45, 2.75) is 87.6 Å². The van der Waals surface area contributed by atoms with Gasteiger partial charge in [-0.25, -0.2) is 4.79 Å². The van der Waals surface area contributed by atoms with Crippen LogP contribution >= 0.6 is 0 Å². The van der Waals surface area contributed by atoms with Crippen LogP contribution in [0.2, 0.25) is 0 Å². The number of hydrogen-bond donors (Lipinski definition) is 1. The molecule has 0 radical (unpaired) electrons. The third-order valence-corrected chi connectivity index (χ3v) is 8.80. The Labute approximate surface area is 158 Å². The minimum absolute atomic E-state index is 0.0225. The summed E-state index contributed by atoms with van der Waals surface area (Å²) in [5, 5.41) is 3.18. The number of rotatable bonds is 2. The highest BCUT2D eigenvalue weighted by Gasteiger charge is 2.55. The van der Waals surface area contributed by atoms with Crippen molar-refractivity contribution in [2.24, 2.45) is 0 Å². The van der Waals surface area contributed by atoms with Crippen LogP contribution in [0.25, 0.3) is 0 Å². The maximum Gasteiger partial charge on any atom is 0.317 e. The van der Waals surface area contributed by atoms with Crippen molar-refractivity contribution in [1.29, 1.82) is 0 Å². The lowest BCUT2D eigenvalue weighted by Crippen LogP contribution is -2.59. The Kier molecular flexibility index (Phi) is 5.26. The maximum atomic E-state index is 12.9. The molecule has 6 nitrogen and oxygen atoms in total. The van der Waals surface area contributed by atoms with Gasteiger partial charge < -0.3 is 15.1 Å². The molecule has 1 unspecified atom stereocenters. The first kappa shape index (κ1) is 18.3. The molecule has 3 amide bonds. The van der Waals surface area contributed by atoms with E-state index in [2.05, 4.69) is 5.32 Å². The summed E-state index contributed by atoms with van der Waals surface area (Å²) in [4.78, 5) is 28.5. The van der Waals surface area contributed by atoms with Gasteiger partial charge in [0.1, 0.15) is 10.6 Å². The van der Waals surface area contributed by atoms with Crippen LogP contribution in [0, 0.1) is 0 Å². The van der Waals surface area contributed by atoms with Crippen LogP contribution in [-0.4, -0.2) is 61.7 Å². The summed E-state index contributed by atoms with van der Waals surface area (Å²) >= 11 is 0. The van der Waals surface area contributed by atoms with E-state index < -0.39 is 15.7 Å². The Bertz CT molecular complexity index is 577. The monoisotopic (exact) mass is 381 g/mol. The first-order valence-corrected chi connectivity index (χ1v) is 11.7. The smallest absolute Gasteiger partial charge is 0.317 e. The fourth-order valence-corrected chi connectivity index (χ4v) is 7.13. The molecule has 0 bridgehead atoms. The summed E-state index contributed by atoms with van der Waals surface area (Å²) < 4.78 is 12.9. The molecular formula is C19H31N3O3S. The quantitative estimate of drug-likeness (QED) is 0.798. The zero-order valence-corrected chi connectivity index (χ0v) is 16.4. The van der Waals surface area contributed by atoms with Crippen molar-refractivity contribution < 1.29 is 13.8 Å². The maximum absolute atomic E-state index is 12.9. The van der Waals surface area contributed by atoms with Crippen LogP contribution < -0.4 is 5.32 Å². The van der Waals surface area contributed by atoms with Crippen LogP contribution in [0.4, 0.5) is 4.79 Å². The van der Waals surface area contributed by atoms with Crippen molar-refractivity contribution in [2.75, 3.05) is 18.8 Å². The Morgan fingerprint density at radius 2 is 1.62 bits per heavy atom. The highest BCUT2D eigenvalue weighted by Crippen LogP contribution is 2.42. The standard InChI is InChI=1S/C19H31N3O3S/c23-17-14-26(25)19(22(17)16-8-4-5-9-16)10-12-21(13-11-19)18(24)20-15-6-2-1-3-7-15/h15-16H,1-14H2,(H,20,24). The third kappa shape index (κ3) is 3.27. The molecule has 2 saturated carbocycles. The zero-order chi connectivity index (χ0) is 18.1. The van der Waals surface area contributed by atoms with Crippen molar-refractivity contribution in [1.82, 2.24) is 15.1 Å². The van der Waals surface area contributed by atoms with Crippen LogP contribution in [-0.2, 0) is 15.6 Å². The number of nitrogens with zero attached hydrogens (tertiary/aromatic N) is 2. The summed E-state index contributed by atoms with van der Waals surface area (Å²) in [6.45, 7) is 1.20. The summed E-state index contributed by atoms with van der Waals surface area (Å²) in [5.74, 6) is 0.237. The zero-order valence-electron chi connectivity index (χ0n) is 15.6. The lowest BCUT2D eigenvalue weighted by molar-refractivity contribution is -0.133. The van der Waals surface area contributed by atoms with Gasteiger partial charge in [-0.15, -0.1) is 0 Å². The second-order valence-corrected chi connectivity index (χ2v) is 10.1. The van der Waals surface area contributed by atoms with Gasteiger partial charge in [0.25, 0.3) is 0 Å². The molecule has 4 rings (SSSR count). The van der Waals surface area contributed by atoms with E-state index in [9.17, 15) is 13.8 Å². The van der Waals surface area contributed by atoms with Crippen molar-refractivity contribution in [3.8, 4) is 0 Å². The second kappa shape index (κ2) is 7.49. The number of hydrogen-bond acceptors (Lipinski definition) is 3. The van der Waals surface area contributed by atoms with E-state index in [0.29, 0.717) is 32.0 Å². The molecule has 4 fully saturated rings. The molecule has 7 heteroatoms. The van der Waals surface area contributed by atoms with Crippen LogP contribution in [0.3, 0.4) is 0 Å². The molecule has 4 aliphatic rings. The predicted molar refractivity (Wildman–Crippen MR) is 101 cm³/mol. The number of nitrogens with one attached hydrogen (secondary N) is 1. The molecule has 0 aromatic carbocycles. The highest BCUT2D eigenvalue weighted by molar-refractivity contribution is 7.87. The van der Waals surface area contributed by atoms with Crippen LogP contribution in [0.15, 0.2) is 0 Å². The molecule has 2 heterocycles. The van der Waals surface area contributed by atoms with E-state index in [0.717, 1.165) is 38.5 Å². The lowest BCUT2D eigenvalue weighted by atomic mass is 9.95. The molecule has 0 aromatic heterocycles. The molecule has 1 spiro atoms. The van der Waals surface area contributed by atoms with Crippen LogP contribution in [0.5, 0.6) is 0 Å². The fourth-order valence-electron chi connectivity index (χ4n) is 5.39. The molecule has 2 aliphatic heterocycles. The fraction of sp³-hybridized carbons (Fsp3) is 0.895. The first-order chi connectivity index (χ1) is 12.6. The average molecular weight is 382 g/mol. The molecule has 1 atom stereocenters. The highest BCUT2D eigenvalue weighted by atomic mass is 32.2. The number of carbonyl (C=O) groups is 2. The third-order valence-electron chi connectivity index (χ3n) is 6.84. The Morgan fingerprint density at radius 1 is 1.00 bits per heavy atom. The van der Waals surface area contributed by atoms with E-state index in [4.69, 9.17) is 0 Å². The van der Waals surface area contributed by atoms with Crippen LogP contribution in [0.1, 0.15) is 70.6 Å². The van der Waals surface area contributed by atoms with Crippen molar-refractivity contribution >= 4 is 22.7 Å². The SMILES string of the molecule is O=C(NC1CCCCC1)N1CCC2(CC1)N(C1CCCC1)C(=O)CS2=O. The number of likely N-dealkylation sites (tertiary alicyclic amines) is 1. The molecule has 146 valence electrons. The van der Waals surface area contributed by atoms with E-state index in [1.165, 1.54) is 19.3 Å². The van der Waals surface area contributed by atoms with Gasteiger partial charge in [-0.05, 0) is 25.7 Å². The summed E-state index contributed by atoms with van der Waals surface area (Å²) in [6.07, 6.45) is 11.5. The summed E-state index contributed by atoms with van der Waals surface area (Å²) in [6, 6.07) is 0.593. The Morgan fingerprint density at radius 3 is 2.27 bits per heavy atom. The minimum Gasteiger partial charge on any atom is -0.335 e. The minimum atomic E-state index is -1.14. The van der Waals surface area contributed by atoms with Crippen molar-refractivity contribution in [3.05, 3.63) is 0 Å². The number of urea groups is 1. The molecule has 2 aliphatic carbocycles. The van der Waals surface area contributed by atoms with Gasteiger partial charge in [0.2, 0.25) is 5.91 Å². The van der Waals surface area contributed by atoms with Gasteiger partial charge in [0, 0.05) is 38.0 Å². The average Bonchev–Trinajstić information content (AvgIpc) is 3.24. The lowest BCUT2D eigenvalue weighted by Gasteiger charge is -2.46. The van der Waals surface area contributed by atoms with Gasteiger partial charge in [0.05, 0.1) is 10.8 Å². The molecule has 26 heavy (non-hydrogen) atoms. The van der Waals surface area contributed by atoms with E-state index in [-0.39, 0.29) is 23.7 Å². The molecule has 1 N–H and O–H groups in total. The molecule has 0 aromatic rings. The van der Waals surface area contributed by atoms with E-state index in [1.807, 2.05) is 9.80 Å². The second-order valence-electron chi connectivity index (χ2n) is 8.41.